The molecule has 0 aromatic heterocycles. The SMILES string of the molecule is C[C@]1(c2ccccc2)CC[C@H](N2CCCC[C@H]2C(=O)O)C1. The van der Waals surface area contributed by atoms with Crippen LogP contribution >= 0.6 is 0 Å². The van der Waals surface area contributed by atoms with Gasteiger partial charge in [0.25, 0.3) is 0 Å². The van der Waals surface area contributed by atoms with Crippen LogP contribution in [0.3, 0.4) is 0 Å². The molecule has 21 heavy (non-hydrogen) atoms. The van der Waals surface area contributed by atoms with Crippen molar-refractivity contribution in [2.45, 2.75) is 62.9 Å². The van der Waals surface area contributed by atoms with Crippen molar-refractivity contribution >= 4 is 5.97 Å². The van der Waals surface area contributed by atoms with Gasteiger partial charge in [0, 0.05) is 6.04 Å². The fourth-order valence-corrected chi connectivity index (χ4v) is 4.25. The van der Waals surface area contributed by atoms with Crippen LogP contribution in [0.5, 0.6) is 0 Å². The molecule has 1 aliphatic carbocycles. The molecule has 0 bridgehead atoms. The van der Waals surface area contributed by atoms with Crippen LogP contribution in [0.25, 0.3) is 0 Å². The summed E-state index contributed by atoms with van der Waals surface area (Å²) in [6, 6.07) is 10.9. The second-order valence-electron chi connectivity index (χ2n) is 6.91. The van der Waals surface area contributed by atoms with E-state index in [4.69, 9.17) is 0 Å². The zero-order valence-electron chi connectivity index (χ0n) is 12.8. The summed E-state index contributed by atoms with van der Waals surface area (Å²) in [6.07, 6.45) is 6.37. The monoisotopic (exact) mass is 287 g/mol. The Morgan fingerprint density at radius 3 is 2.71 bits per heavy atom. The minimum atomic E-state index is -0.636. The Bertz CT molecular complexity index is 501. The number of likely N-dealkylation sites (tertiary alicyclic amines) is 1. The number of rotatable bonds is 3. The average Bonchev–Trinajstić information content (AvgIpc) is 2.92. The summed E-state index contributed by atoms with van der Waals surface area (Å²) in [5.41, 5.74) is 1.60. The third-order valence-electron chi connectivity index (χ3n) is 5.48. The Hall–Kier alpha value is -1.35. The van der Waals surface area contributed by atoms with Crippen LogP contribution in [0.1, 0.15) is 51.0 Å². The zero-order valence-corrected chi connectivity index (χ0v) is 12.8. The Morgan fingerprint density at radius 1 is 1.24 bits per heavy atom. The van der Waals surface area contributed by atoms with Gasteiger partial charge in [0.1, 0.15) is 6.04 Å². The highest BCUT2D eigenvalue weighted by molar-refractivity contribution is 5.73. The second kappa shape index (κ2) is 5.80. The first-order chi connectivity index (χ1) is 10.1. The topological polar surface area (TPSA) is 40.5 Å². The van der Waals surface area contributed by atoms with Crippen molar-refractivity contribution in [1.82, 2.24) is 4.90 Å². The Labute approximate surface area is 127 Å². The molecular weight excluding hydrogens is 262 g/mol. The summed E-state index contributed by atoms with van der Waals surface area (Å²) in [5.74, 6) is -0.636. The maximum Gasteiger partial charge on any atom is 0.320 e. The predicted octanol–water partition coefficient (Wildman–Crippen LogP) is 3.44. The van der Waals surface area contributed by atoms with E-state index in [2.05, 4.69) is 42.2 Å². The molecule has 1 N–H and O–H groups in total. The molecule has 1 aromatic carbocycles. The molecule has 2 aliphatic rings. The van der Waals surface area contributed by atoms with Crippen LogP contribution in [-0.2, 0) is 10.2 Å². The van der Waals surface area contributed by atoms with Gasteiger partial charge in [0.2, 0.25) is 0 Å². The number of carboxylic acid groups (broad SMARTS) is 1. The molecule has 0 unspecified atom stereocenters. The van der Waals surface area contributed by atoms with Gasteiger partial charge in [-0.3, -0.25) is 9.69 Å². The molecular formula is C18H25NO2. The van der Waals surface area contributed by atoms with Gasteiger partial charge >= 0.3 is 5.97 Å². The highest BCUT2D eigenvalue weighted by Gasteiger charge is 2.42. The number of hydrogen-bond acceptors (Lipinski definition) is 2. The summed E-state index contributed by atoms with van der Waals surface area (Å²) in [6.45, 7) is 3.29. The number of aliphatic carboxylic acids is 1. The van der Waals surface area contributed by atoms with Gasteiger partial charge in [-0.1, -0.05) is 43.7 Å². The van der Waals surface area contributed by atoms with E-state index in [1.54, 1.807) is 0 Å². The zero-order chi connectivity index (χ0) is 14.9. The van der Waals surface area contributed by atoms with Crippen molar-refractivity contribution in [3.63, 3.8) is 0 Å². The summed E-state index contributed by atoms with van der Waals surface area (Å²) in [7, 11) is 0. The standard InChI is InChI=1S/C18H25NO2/c1-18(14-7-3-2-4-8-14)11-10-15(13-18)19-12-6-5-9-16(19)17(20)21/h2-4,7-8,15-16H,5-6,9-13H2,1H3,(H,20,21)/t15-,16-,18-/m0/s1. The number of piperidine rings is 1. The number of carboxylic acids is 1. The van der Waals surface area contributed by atoms with Gasteiger partial charge in [-0.15, -0.1) is 0 Å². The highest BCUT2D eigenvalue weighted by atomic mass is 16.4. The predicted molar refractivity (Wildman–Crippen MR) is 83.4 cm³/mol. The molecule has 0 spiro atoms. The molecule has 1 saturated carbocycles. The Balaban J connectivity index is 1.75. The normalized spacial score (nSPS) is 34.0. The van der Waals surface area contributed by atoms with Gasteiger partial charge in [-0.25, -0.2) is 0 Å². The largest absolute Gasteiger partial charge is 0.480 e. The van der Waals surface area contributed by atoms with Gasteiger partial charge in [0.15, 0.2) is 0 Å². The third kappa shape index (κ3) is 2.84. The molecule has 1 aromatic rings. The maximum absolute atomic E-state index is 11.5. The molecule has 114 valence electrons. The lowest BCUT2D eigenvalue weighted by atomic mass is 9.80. The van der Waals surface area contributed by atoms with Crippen molar-refractivity contribution in [3.8, 4) is 0 Å². The van der Waals surface area contributed by atoms with Gasteiger partial charge in [-0.2, -0.15) is 0 Å². The lowest BCUT2D eigenvalue weighted by Crippen LogP contribution is -2.49. The van der Waals surface area contributed by atoms with E-state index in [0.717, 1.165) is 45.1 Å². The minimum absolute atomic E-state index is 0.201. The Kier molecular flexibility index (Phi) is 4.03. The Morgan fingerprint density at radius 2 is 2.00 bits per heavy atom. The van der Waals surface area contributed by atoms with Crippen molar-refractivity contribution in [2.75, 3.05) is 6.54 Å². The first-order valence-electron chi connectivity index (χ1n) is 8.14. The van der Waals surface area contributed by atoms with E-state index in [-0.39, 0.29) is 11.5 Å². The first-order valence-corrected chi connectivity index (χ1v) is 8.14. The molecule has 1 heterocycles. The van der Waals surface area contributed by atoms with E-state index < -0.39 is 5.97 Å². The van der Waals surface area contributed by atoms with Gasteiger partial charge in [-0.05, 0) is 49.6 Å². The molecule has 0 amide bonds. The van der Waals surface area contributed by atoms with Crippen molar-refractivity contribution in [2.24, 2.45) is 0 Å². The van der Waals surface area contributed by atoms with Crippen LogP contribution in [0.4, 0.5) is 0 Å². The van der Waals surface area contributed by atoms with Crippen LogP contribution < -0.4 is 0 Å². The fourth-order valence-electron chi connectivity index (χ4n) is 4.25. The fraction of sp³-hybridized carbons (Fsp3) is 0.611. The summed E-state index contributed by atoms with van der Waals surface area (Å²) in [5, 5.41) is 9.47. The average molecular weight is 287 g/mol. The number of carbonyl (C=O) groups is 1. The summed E-state index contributed by atoms with van der Waals surface area (Å²) < 4.78 is 0. The first kappa shape index (κ1) is 14.6. The molecule has 1 aliphatic heterocycles. The van der Waals surface area contributed by atoms with E-state index in [1.165, 1.54) is 5.56 Å². The van der Waals surface area contributed by atoms with Crippen LogP contribution in [0.15, 0.2) is 30.3 Å². The number of hydrogen-bond donors (Lipinski definition) is 1. The van der Waals surface area contributed by atoms with Crippen molar-refractivity contribution in [3.05, 3.63) is 35.9 Å². The molecule has 3 nitrogen and oxygen atoms in total. The number of benzene rings is 1. The third-order valence-corrected chi connectivity index (χ3v) is 5.48. The van der Waals surface area contributed by atoms with E-state index >= 15 is 0 Å². The van der Waals surface area contributed by atoms with E-state index in [0.29, 0.717) is 6.04 Å². The lowest BCUT2D eigenvalue weighted by Gasteiger charge is -2.38. The van der Waals surface area contributed by atoms with E-state index in [1.807, 2.05) is 0 Å². The minimum Gasteiger partial charge on any atom is -0.480 e. The molecule has 0 radical (unpaired) electrons. The molecule has 3 rings (SSSR count). The second-order valence-corrected chi connectivity index (χ2v) is 6.91. The lowest BCUT2D eigenvalue weighted by molar-refractivity contribution is -0.145. The highest BCUT2D eigenvalue weighted by Crippen LogP contribution is 2.43. The summed E-state index contributed by atoms with van der Waals surface area (Å²) >= 11 is 0. The summed E-state index contributed by atoms with van der Waals surface area (Å²) in [4.78, 5) is 13.8. The van der Waals surface area contributed by atoms with E-state index in [9.17, 15) is 9.90 Å². The number of nitrogens with zero attached hydrogens (tertiary/aromatic N) is 1. The quantitative estimate of drug-likeness (QED) is 0.926. The smallest absolute Gasteiger partial charge is 0.320 e. The molecule has 2 fully saturated rings. The molecule has 3 atom stereocenters. The van der Waals surface area contributed by atoms with Crippen LogP contribution in [-0.4, -0.2) is 34.6 Å². The molecule has 1 saturated heterocycles. The van der Waals surface area contributed by atoms with Gasteiger partial charge < -0.3 is 5.11 Å². The van der Waals surface area contributed by atoms with Crippen LogP contribution in [0, 0.1) is 0 Å². The molecule has 3 heteroatoms. The van der Waals surface area contributed by atoms with Crippen LogP contribution in [0.2, 0.25) is 0 Å². The van der Waals surface area contributed by atoms with Crippen molar-refractivity contribution in [1.29, 1.82) is 0 Å². The van der Waals surface area contributed by atoms with Crippen molar-refractivity contribution < 1.29 is 9.90 Å². The maximum atomic E-state index is 11.5. The van der Waals surface area contributed by atoms with Gasteiger partial charge in [0.05, 0.1) is 0 Å².